The number of amides is 1. The van der Waals surface area contributed by atoms with Crippen LogP contribution in [-0.4, -0.2) is 30.4 Å². The molecule has 0 aliphatic heterocycles. The second kappa shape index (κ2) is 7.44. The van der Waals surface area contributed by atoms with Gasteiger partial charge in [-0.25, -0.2) is 0 Å². The van der Waals surface area contributed by atoms with E-state index in [-0.39, 0.29) is 5.91 Å². The Morgan fingerprint density at radius 1 is 1.25 bits per heavy atom. The Balaban J connectivity index is 1.83. The standard InChI is InChI=1S/C17H26N2O/c1-3-19(4-2)16(20)12-13-18-17(15-10-11-15)14-8-6-5-7-9-14/h5-9,15,17-18H,3-4,10-13H2,1-2H3. The van der Waals surface area contributed by atoms with E-state index in [1.807, 2.05) is 18.7 Å². The first kappa shape index (κ1) is 15.0. The second-order valence-corrected chi connectivity index (χ2v) is 5.50. The van der Waals surface area contributed by atoms with Crippen molar-refractivity contribution in [2.75, 3.05) is 19.6 Å². The van der Waals surface area contributed by atoms with Crippen LogP contribution in [0.2, 0.25) is 0 Å². The average Bonchev–Trinajstić information content (AvgIpc) is 3.30. The normalized spacial score (nSPS) is 15.9. The van der Waals surface area contributed by atoms with Crippen molar-refractivity contribution in [3.8, 4) is 0 Å². The van der Waals surface area contributed by atoms with E-state index in [0.717, 1.165) is 25.6 Å². The van der Waals surface area contributed by atoms with Crippen LogP contribution in [0.1, 0.15) is 44.7 Å². The Morgan fingerprint density at radius 2 is 1.90 bits per heavy atom. The number of nitrogens with one attached hydrogen (secondary N) is 1. The van der Waals surface area contributed by atoms with E-state index >= 15 is 0 Å². The van der Waals surface area contributed by atoms with Gasteiger partial charge in [-0.3, -0.25) is 4.79 Å². The van der Waals surface area contributed by atoms with Gasteiger partial charge in [-0.1, -0.05) is 30.3 Å². The zero-order valence-corrected chi connectivity index (χ0v) is 12.6. The number of carbonyl (C=O) groups excluding carboxylic acids is 1. The van der Waals surface area contributed by atoms with Crippen LogP contribution in [0.5, 0.6) is 0 Å². The van der Waals surface area contributed by atoms with Crippen molar-refractivity contribution >= 4 is 5.91 Å². The Kier molecular flexibility index (Phi) is 5.60. The highest BCUT2D eigenvalue weighted by atomic mass is 16.2. The van der Waals surface area contributed by atoms with Gasteiger partial charge in [-0.05, 0) is 38.2 Å². The Labute approximate surface area is 122 Å². The van der Waals surface area contributed by atoms with Crippen LogP contribution in [0.15, 0.2) is 30.3 Å². The van der Waals surface area contributed by atoms with Crippen LogP contribution in [-0.2, 0) is 4.79 Å². The molecule has 0 radical (unpaired) electrons. The fourth-order valence-corrected chi connectivity index (χ4v) is 2.72. The van der Waals surface area contributed by atoms with Crippen molar-refractivity contribution in [3.63, 3.8) is 0 Å². The third-order valence-corrected chi connectivity index (χ3v) is 4.07. The van der Waals surface area contributed by atoms with Gasteiger partial charge < -0.3 is 10.2 Å². The average molecular weight is 274 g/mol. The van der Waals surface area contributed by atoms with Crippen molar-refractivity contribution < 1.29 is 4.79 Å². The van der Waals surface area contributed by atoms with Crippen LogP contribution < -0.4 is 5.32 Å². The van der Waals surface area contributed by atoms with E-state index < -0.39 is 0 Å². The summed E-state index contributed by atoms with van der Waals surface area (Å²) in [5.74, 6) is 1.01. The van der Waals surface area contributed by atoms with Crippen LogP contribution in [0, 0.1) is 5.92 Å². The highest BCUT2D eigenvalue weighted by Crippen LogP contribution is 2.40. The summed E-state index contributed by atoms with van der Waals surface area (Å²) in [6, 6.07) is 11.0. The Morgan fingerprint density at radius 3 is 2.45 bits per heavy atom. The van der Waals surface area contributed by atoms with Gasteiger partial charge in [-0.2, -0.15) is 0 Å². The molecule has 2 rings (SSSR count). The largest absolute Gasteiger partial charge is 0.343 e. The Bertz CT molecular complexity index is 410. The molecule has 1 fully saturated rings. The van der Waals surface area contributed by atoms with Crippen LogP contribution >= 0.6 is 0 Å². The topological polar surface area (TPSA) is 32.3 Å². The Hall–Kier alpha value is -1.35. The maximum atomic E-state index is 12.0. The lowest BCUT2D eigenvalue weighted by Crippen LogP contribution is -2.34. The van der Waals surface area contributed by atoms with E-state index in [1.54, 1.807) is 0 Å². The smallest absolute Gasteiger partial charge is 0.223 e. The molecule has 0 bridgehead atoms. The van der Waals surface area contributed by atoms with E-state index in [9.17, 15) is 4.79 Å². The molecule has 20 heavy (non-hydrogen) atoms. The number of nitrogens with zero attached hydrogens (tertiary/aromatic N) is 1. The molecular formula is C17H26N2O. The zero-order valence-electron chi connectivity index (χ0n) is 12.6. The van der Waals surface area contributed by atoms with Crippen molar-refractivity contribution in [1.29, 1.82) is 0 Å². The third-order valence-electron chi connectivity index (χ3n) is 4.07. The molecule has 0 aromatic heterocycles. The second-order valence-electron chi connectivity index (χ2n) is 5.50. The number of benzene rings is 1. The molecule has 1 aliphatic carbocycles. The van der Waals surface area contributed by atoms with Crippen LogP contribution in [0.25, 0.3) is 0 Å². The van der Waals surface area contributed by atoms with E-state index in [4.69, 9.17) is 0 Å². The summed E-state index contributed by atoms with van der Waals surface area (Å²) in [7, 11) is 0. The first-order valence-corrected chi connectivity index (χ1v) is 7.82. The highest BCUT2D eigenvalue weighted by molar-refractivity contribution is 5.76. The number of hydrogen-bond donors (Lipinski definition) is 1. The summed E-state index contributed by atoms with van der Waals surface area (Å²) in [4.78, 5) is 13.9. The predicted molar refractivity (Wildman–Crippen MR) is 82.5 cm³/mol. The van der Waals surface area contributed by atoms with Crippen LogP contribution in [0.4, 0.5) is 0 Å². The minimum atomic E-state index is 0.255. The highest BCUT2D eigenvalue weighted by Gasteiger charge is 2.31. The van der Waals surface area contributed by atoms with Gasteiger partial charge in [-0.15, -0.1) is 0 Å². The molecule has 1 N–H and O–H groups in total. The zero-order chi connectivity index (χ0) is 14.4. The molecular weight excluding hydrogens is 248 g/mol. The molecule has 1 unspecified atom stereocenters. The molecule has 1 aromatic carbocycles. The fraction of sp³-hybridized carbons (Fsp3) is 0.588. The number of hydrogen-bond acceptors (Lipinski definition) is 2. The van der Waals surface area contributed by atoms with Gasteiger partial charge >= 0.3 is 0 Å². The van der Waals surface area contributed by atoms with Gasteiger partial charge in [0.2, 0.25) is 5.91 Å². The monoisotopic (exact) mass is 274 g/mol. The van der Waals surface area contributed by atoms with E-state index in [2.05, 4.69) is 35.6 Å². The van der Waals surface area contributed by atoms with Crippen LogP contribution in [0.3, 0.4) is 0 Å². The maximum Gasteiger partial charge on any atom is 0.223 e. The lowest BCUT2D eigenvalue weighted by atomic mass is 10.0. The summed E-state index contributed by atoms with van der Waals surface area (Å²) in [6.45, 7) is 6.45. The lowest BCUT2D eigenvalue weighted by Gasteiger charge is -2.21. The summed E-state index contributed by atoms with van der Waals surface area (Å²) in [5.41, 5.74) is 1.35. The third kappa shape index (κ3) is 4.07. The maximum absolute atomic E-state index is 12.0. The van der Waals surface area contributed by atoms with Gasteiger partial charge in [0, 0.05) is 32.1 Å². The van der Waals surface area contributed by atoms with Crippen molar-refractivity contribution in [1.82, 2.24) is 10.2 Å². The predicted octanol–water partition coefficient (Wildman–Crippen LogP) is 2.99. The lowest BCUT2D eigenvalue weighted by molar-refractivity contribution is -0.130. The molecule has 0 saturated heterocycles. The molecule has 3 nitrogen and oxygen atoms in total. The molecule has 1 atom stereocenters. The van der Waals surface area contributed by atoms with Crippen molar-refractivity contribution in [2.24, 2.45) is 5.92 Å². The SMILES string of the molecule is CCN(CC)C(=O)CCNC(c1ccccc1)C1CC1. The summed E-state index contributed by atoms with van der Waals surface area (Å²) in [6.07, 6.45) is 3.20. The fourth-order valence-electron chi connectivity index (χ4n) is 2.72. The molecule has 1 saturated carbocycles. The summed E-state index contributed by atoms with van der Waals surface area (Å²) in [5, 5.41) is 3.58. The molecule has 110 valence electrons. The van der Waals surface area contributed by atoms with Gasteiger partial charge in [0.15, 0.2) is 0 Å². The van der Waals surface area contributed by atoms with Gasteiger partial charge in [0.05, 0.1) is 0 Å². The quantitative estimate of drug-likeness (QED) is 0.790. The van der Waals surface area contributed by atoms with Gasteiger partial charge in [0.25, 0.3) is 0 Å². The van der Waals surface area contributed by atoms with E-state index in [0.29, 0.717) is 12.5 Å². The minimum absolute atomic E-state index is 0.255. The van der Waals surface area contributed by atoms with Crippen molar-refractivity contribution in [3.05, 3.63) is 35.9 Å². The van der Waals surface area contributed by atoms with Crippen molar-refractivity contribution in [2.45, 2.75) is 39.2 Å². The minimum Gasteiger partial charge on any atom is -0.343 e. The summed E-state index contributed by atoms with van der Waals surface area (Å²) < 4.78 is 0. The first-order chi connectivity index (χ1) is 9.76. The molecule has 0 spiro atoms. The first-order valence-electron chi connectivity index (χ1n) is 7.82. The van der Waals surface area contributed by atoms with E-state index in [1.165, 1.54) is 18.4 Å². The molecule has 1 amide bonds. The molecule has 0 heterocycles. The van der Waals surface area contributed by atoms with Gasteiger partial charge in [0.1, 0.15) is 0 Å². The molecule has 1 aliphatic rings. The molecule has 3 heteroatoms. The number of rotatable bonds is 8. The molecule has 1 aromatic rings. The summed E-state index contributed by atoms with van der Waals surface area (Å²) >= 11 is 0. The number of carbonyl (C=O) groups is 1.